The number of hydrogen-bond acceptors (Lipinski definition) is 3. The van der Waals surface area contributed by atoms with Gasteiger partial charge in [0.2, 0.25) is 6.29 Å². The van der Waals surface area contributed by atoms with Gasteiger partial charge in [0.05, 0.1) is 10.6 Å². The third kappa shape index (κ3) is 3.90. The summed E-state index contributed by atoms with van der Waals surface area (Å²) >= 11 is 6.17. The molecule has 25 heavy (non-hydrogen) atoms. The molecule has 129 valence electrons. The molecule has 2 atom stereocenters. The number of hydrogen-bond donors (Lipinski definition) is 0. The molecule has 1 aliphatic carbocycles. The Labute approximate surface area is 150 Å². The van der Waals surface area contributed by atoms with E-state index in [2.05, 4.69) is 0 Å². The summed E-state index contributed by atoms with van der Waals surface area (Å²) in [7, 11) is 0. The Bertz CT molecular complexity index is 776. The first-order valence-electron chi connectivity index (χ1n) is 8.18. The van der Waals surface area contributed by atoms with Crippen LogP contribution in [0.3, 0.4) is 0 Å². The van der Waals surface area contributed by atoms with E-state index in [-0.39, 0.29) is 28.7 Å². The molecule has 1 radical (unpaired) electrons. The zero-order chi connectivity index (χ0) is 17.8. The molecule has 0 bridgehead atoms. The molecule has 0 heterocycles. The van der Waals surface area contributed by atoms with Crippen molar-refractivity contribution in [3.8, 4) is 5.75 Å². The SMILES string of the molecule is O=[C]C1CCCC1C(=O)c1cc(Cl)c(OCc2ccccc2)cc1F. The van der Waals surface area contributed by atoms with Gasteiger partial charge >= 0.3 is 0 Å². The van der Waals surface area contributed by atoms with Crippen LogP contribution in [0.25, 0.3) is 0 Å². The van der Waals surface area contributed by atoms with Gasteiger partial charge in [-0.15, -0.1) is 0 Å². The van der Waals surface area contributed by atoms with Gasteiger partial charge in [-0.2, -0.15) is 0 Å². The number of benzene rings is 2. The first kappa shape index (κ1) is 17.6. The smallest absolute Gasteiger partial charge is 0.202 e. The maximum atomic E-state index is 14.4. The molecule has 0 aliphatic heterocycles. The summed E-state index contributed by atoms with van der Waals surface area (Å²) in [6, 6.07) is 11.8. The minimum Gasteiger partial charge on any atom is -0.487 e. The summed E-state index contributed by atoms with van der Waals surface area (Å²) < 4.78 is 20.0. The zero-order valence-electron chi connectivity index (χ0n) is 13.5. The van der Waals surface area contributed by atoms with E-state index in [0.29, 0.717) is 12.8 Å². The highest BCUT2D eigenvalue weighted by atomic mass is 35.5. The van der Waals surface area contributed by atoms with Crippen LogP contribution >= 0.6 is 11.6 Å². The maximum Gasteiger partial charge on any atom is 0.202 e. The summed E-state index contributed by atoms with van der Waals surface area (Å²) in [4.78, 5) is 23.5. The summed E-state index contributed by atoms with van der Waals surface area (Å²) in [5, 5.41) is 0.172. The van der Waals surface area contributed by atoms with E-state index in [1.54, 1.807) is 0 Å². The van der Waals surface area contributed by atoms with Crippen LogP contribution in [0.5, 0.6) is 5.75 Å². The summed E-state index contributed by atoms with van der Waals surface area (Å²) in [5.74, 6) is -1.86. The Morgan fingerprint density at radius 3 is 2.72 bits per heavy atom. The quantitative estimate of drug-likeness (QED) is 0.698. The molecule has 1 aliphatic rings. The van der Waals surface area contributed by atoms with Crippen molar-refractivity contribution in [1.29, 1.82) is 0 Å². The van der Waals surface area contributed by atoms with E-state index < -0.39 is 17.7 Å². The molecule has 3 rings (SSSR count). The highest BCUT2D eigenvalue weighted by molar-refractivity contribution is 6.32. The molecule has 2 aromatic carbocycles. The molecule has 0 saturated heterocycles. The second-order valence-corrected chi connectivity index (χ2v) is 6.57. The fourth-order valence-electron chi connectivity index (χ4n) is 3.18. The second-order valence-electron chi connectivity index (χ2n) is 6.16. The van der Waals surface area contributed by atoms with Crippen molar-refractivity contribution in [2.75, 3.05) is 0 Å². The molecule has 0 aromatic heterocycles. The Morgan fingerprint density at radius 1 is 1.24 bits per heavy atom. The van der Waals surface area contributed by atoms with Gasteiger partial charge in [-0.05, 0) is 24.5 Å². The third-order valence-corrected chi connectivity index (χ3v) is 4.82. The number of Topliss-reactive ketones (excluding diaryl/α,β-unsaturated/α-hetero) is 1. The number of halogens is 2. The normalized spacial score (nSPS) is 19.6. The van der Waals surface area contributed by atoms with Crippen LogP contribution in [0.1, 0.15) is 35.2 Å². The highest BCUT2D eigenvalue weighted by Gasteiger charge is 2.35. The van der Waals surface area contributed by atoms with E-state index in [1.165, 1.54) is 6.07 Å². The Kier molecular flexibility index (Phi) is 5.49. The van der Waals surface area contributed by atoms with Gasteiger partial charge in [-0.3, -0.25) is 9.59 Å². The van der Waals surface area contributed by atoms with Crippen molar-refractivity contribution in [1.82, 2.24) is 0 Å². The molecular weight excluding hydrogens is 343 g/mol. The van der Waals surface area contributed by atoms with Gasteiger partial charge in [0, 0.05) is 17.9 Å². The highest BCUT2D eigenvalue weighted by Crippen LogP contribution is 2.35. The number of carbonyl (C=O) groups is 1. The molecule has 1 fully saturated rings. The van der Waals surface area contributed by atoms with Crippen LogP contribution in [0.2, 0.25) is 5.02 Å². The zero-order valence-corrected chi connectivity index (χ0v) is 14.3. The predicted molar refractivity (Wildman–Crippen MR) is 93.0 cm³/mol. The topological polar surface area (TPSA) is 43.4 Å². The lowest BCUT2D eigenvalue weighted by atomic mass is 9.89. The van der Waals surface area contributed by atoms with Crippen molar-refractivity contribution in [2.24, 2.45) is 11.8 Å². The van der Waals surface area contributed by atoms with Crippen LogP contribution in [-0.4, -0.2) is 12.1 Å². The van der Waals surface area contributed by atoms with E-state index in [4.69, 9.17) is 16.3 Å². The standard InChI is InChI=1S/C20H17ClFO3/c21-17-9-16(20(24)15-8-4-7-14(15)11-23)18(22)10-19(17)25-12-13-5-2-1-3-6-13/h1-3,5-6,9-10,14-15H,4,7-8,12H2. The Morgan fingerprint density at radius 2 is 2.00 bits per heavy atom. The van der Waals surface area contributed by atoms with Gasteiger partial charge in [-0.25, -0.2) is 4.39 Å². The van der Waals surface area contributed by atoms with Gasteiger partial charge in [-0.1, -0.05) is 48.4 Å². The molecule has 3 nitrogen and oxygen atoms in total. The lowest BCUT2D eigenvalue weighted by Crippen LogP contribution is -2.21. The average molecular weight is 360 g/mol. The minimum absolute atomic E-state index is 0.0933. The third-order valence-electron chi connectivity index (χ3n) is 4.53. The van der Waals surface area contributed by atoms with Crippen LogP contribution in [0, 0.1) is 17.7 Å². The summed E-state index contributed by atoms with van der Waals surface area (Å²) in [5.41, 5.74) is 0.832. The van der Waals surface area contributed by atoms with Crippen LogP contribution in [0.15, 0.2) is 42.5 Å². The molecule has 1 saturated carbocycles. The molecule has 2 unspecified atom stereocenters. The van der Waals surface area contributed by atoms with Gasteiger partial charge < -0.3 is 4.74 Å². The van der Waals surface area contributed by atoms with Crippen LogP contribution < -0.4 is 4.74 Å². The Balaban J connectivity index is 1.78. The summed E-state index contributed by atoms with van der Waals surface area (Å²) in [6.07, 6.45) is 3.86. The lowest BCUT2D eigenvalue weighted by Gasteiger charge is -2.15. The van der Waals surface area contributed by atoms with Crippen molar-refractivity contribution in [3.05, 3.63) is 64.4 Å². The van der Waals surface area contributed by atoms with Crippen molar-refractivity contribution in [2.45, 2.75) is 25.9 Å². The predicted octanol–water partition coefficient (Wildman–Crippen LogP) is 4.77. The number of ketones is 1. The molecular formula is C20H17ClFO3. The van der Waals surface area contributed by atoms with Crippen LogP contribution in [0.4, 0.5) is 4.39 Å². The maximum absolute atomic E-state index is 14.4. The molecule has 0 amide bonds. The van der Waals surface area contributed by atoms with Gasteiger partial charge in [0.25, 0.3) is 0 Å². The van der Waals surface area contributed by atoms with E-state index in [0.717, 1.165) is 18.1 Å². The minimum atomic E-state index is -0.686. The average Bonchev–Trinajstić information content (AvgIpc) is 3.11. The second kappa shape index (κ2) is 7.79. The number of rotatable bonds is 6. The number of carbonyl (C=O) groups excluding carboxylic acids is 2. The molecule has 2 aromatic rings. The first-order valence-corrected chi connectivity index (χ1v) is 8.55. The van der Waals surface area contributed by atoms with E-state index in [1.807, 2.05) is 36.6 Å². The number of ether oxygens (including phenoxy) is 1. The van der Waals surface area contributed by atoms with E-state index >= 15 is 0 Å². The Hall–Kier alpha value is -2.20. The molecule has 0 N–H and O–H groups in total. The van der Waals surface area contributed by atoms with Gasteiger partial charge in [0.1, 0.15) is 18.2 Å². The van der Waals surface area contributed by atoms with Crippen molar-refractivity contribution in [3.63, 3.8) is 0 Å². The monoisotopic (exact) mass is 359 g/mol. The molecule has 0 spiro atoms. The molecule has 5 heteroatoms. The lowest BCUT2D eigenvalue weighted by molar-refractivity contribution is 0.0904. The first-order chi connectivity index (χ1) is 12.1. The van der Waals surface area contributed by atoms with Crippen LogP contribution in [-0.2, 0) is 11.4 Å². The van der Waals surface area contributed by atoms with Gasteiger partial charge in [0.15, 0.2) is 5.78 Å². The van der Waals surface area contributed by atoms with Crippen molar-refractivity contribution < 1.29 is 18.7 Å². The fraction of sp³-hybridized carbons (Fsp3) is 0.300. The van der Waals surface area contributed by atoms with Crippen molar-refractivity contribution >= 4 is 23.7 Å². The fourth-order valence-corrected chi connectivity index (χ4v) is 3.40. The summed E-state index contributed by atoms with van der Waals surface area (Å²) in [6.45, 7) is 0.248. The largest absolute Gasteiger partial charge is 0.487 e. The van der Waals surface area contributed by atoms with E-state index in [9.17, 15) is 14.0 Å².